The van der Waals surface area contributed by atoms with Crippen LogP contribution in [0.4, 0.5) is 4.39 Å². The van der Waals surface area contributed by atoms with Gasteiger partial charge in [0.15, 0.2) is 11.0 Å². The van der Waals surface area contributed by atoms with Gasteiger partial charge in [-0.25, -0.2) is 4.39 Å². The van der Waals surface area contributed by atoms with E-state index in [2.05, 4.69) is 10.2 Å². The third-order valence-electron chi connectivity index (χ3n) is 4.21. The highest BCUT2D eigenvalue weighted by Gasteiger charge is 2.22. The minimum absolute atomic E-state index is 0.0233. The number of carbonyl (C=O) groups is 1. The Morgan fingerprint density at radius 1 is 1.15 bits per heavy atom. The van der Waals surface area contributed by atoms with Crippen LogP contribution in [0.15, 0.2) is 59.8 Å². The molecule has 0 radical (unpaired) electrons. The molecule has 1 unspecified atom stereocenters. The number of hydrogen-bond donors (Lipinski definition) is 0. The van der Waals surface area contributed by atoms with Crippen LogP contribution in [0.25, 0.3) is 11.4 Å². The first kappa shape index (κ1) is 19.1. The van der Waals surface area contributed by atoms with Crippen molar-refractivity contribution in [3.05, 3.63) is 66.0 Å². The van der Waals surface area contributed by atoms with Gasteiger partial charge in [-0.1, -0.05) is 42.1 Å². The summed E-state index contributed by atoms with van der Waals surface area (Å²) >= 11 is 1.36. The Labute approximate surface area is 162 Å². The summed E-state index contributed by atoms with van der Waals surface area (Å²) in [5.41, 5.74) is 1.86. The van der Waals surface area contributed by atoms with Crippen LogP contribution in [-0.4, -0.2) is 37.9 Å². The summed E-state index contributed by atoms with van der Waals surface area (Å²) in [6.45, 7) is 2.42. The smallest absolute Gasteiger partial charge is 0.235 e. The largest absolute Gasteiger partial charge is 0.340 e. The second-order valence-corrected chi connectivity index (χ2v) is 7.62. The molecule has 1 atom stereocenters. The number of carbonyl (C=O) groups excluding carboxylic acids is 1. The van der Waals surface area contributed by atoms with Gasteiger partial charge in [0.1, 0.15) is 5.82 Å². The minimum atomic E-state index is -0.303. The molecule has 0 aliphatic carbocycles. The molecule has 27 heavy (non-hydrogen) atoms. The number of aromatic nitrogens is 3. The third-order valence-corrected chi connectivity index (χ3v) is 5.33. The van der Waals surface area contributed by atoms with Crippen LogP contribution in [0.5, 0.6) is 0 Å². The summed E-state index contributed by atoms with van der Waals surface area (Å²) in [4.78, 5) is 14.4. The molecule has 7 heteroatoms. The fourth-order valence-corrected chi connectivity index (χ4v) is 3.65. The molecule has 0 fully saturated rings. The lowest BCUT2D eigenvalue weighted by molar-refractivity contribution is -0.129. The van der Waals surface area contributed by atoms with Crippen molar-refractivity contribution in [1.82, 2.24) is 19.7 Å². The van der Waals surface area contributed by atoms with Gasteiger partial charge < -0.3 is 9.47 Å². The van der Waals surface area contributed by atoms with Gasteiger partial charge in [0, 0.05) is 26.2 Å². The van der Waals surface area contributed by atoms with E-state index < -0.39 is 0 Å². The maximum absolute atomic E-state index is 13.1. The second kappa shape index (κ2) is 8.35. The van der Waals surface area contributed by atoms with E-state index in [0.29, 0.717) is 17.5 Å². The molecule has 5 nitrogen and oxygen atoms in total. The Morgan fingerprint density at radius 3 is 2.48 bits per heavy atom. The van der Waals surface area contributed by atoms with Gasteiger partial charge in [-0.2, -0.15) is 0 Å². The summed E-state index contributed by atoms with van der Waals surface area (Å²) in [6, 6.07) is 16.0. The molecule has 0 spiro atoms. The highest BCUT2D eigenvalue weighted by Crippen LogP contribution is 2.26. The van der Waals surface area contributed by atoms with Crippen LogP contribution >= 0.6 is 11.8 Å². The number of nitrogens with zero attached hydrogens (tertiary/aromatic N) is 4. The number of rotatable bonds is 6. The van der Waals surface area contributed by atoms with Crippen LogP contribution in [0.2, 0.25) is 0 Å². The van der Waals surface area contributed by atoms with Crippen LogP contribution in [0.3, 0.4) is 0 Å². The van der Waals surface area contributed by atoms with Crippen LogP contribution in [0, 0.1) is 5.82 Å². The van der Waals surface area contributed by atoms with Gasteiger partial charge in [-0.05, 0) is 36.8 Å². The predicted octanol–water partition coefficient (Wildman–Crippen LogP) is 3.76. The summed E-state index contributed by atoms with van der Waals surface area (Å²) in [6.07, 6.45) is 0. The van der Waals surface area contributed by atoms with E-state index in [4.69, 9.17) is 0 Å². The van der Waals surface area contributed by atoms with Crippen molar-refractivity contribution < 1.29 is 9.18 Å². The Balaban J connectivity index is 1.67. The quantitative estimate of drug-likeness (QED) is 0.607. The molecule has 1 heterocycles. The van der Waals surface area contributed by atoms with Crippen LogP contribution in [0.1, 0.15) is 12.5 Å². The molecule has 3 rings (SSSR count). The van der Waals surface area contributed by atoms with Crippen molar-refractivity contribution in [2.75, 3.05) is 7.05 Å². The number of thioether (sulfide) groups is 1. The minimum Gasteiger partial charge on any atom is -0.340 e. The molecular weight excluding hydrogens is 363 g/mol. The Kier molecular flexibility index (Phi) is 5.91. The van der Waals surface area contributed by atoms with Crippen molar-refractivity contribution >= 4 is 17.7 Å². The molecule has 0 saturated heterocycles. The number of amides is 1. The monoisotopic (exact) mass is 384 g/mol. The number of hydrogen-bond acceptors (Lipinski definition) is 4. The predicted molar refractivity (Wildman–Crippen MR) is 105 cm³/mol. The Morgan fingerprint density at radius 2 is 1.81 bits per heavy atom. The first-order valence-corrected chi connectivity index (χ1v) is 9.44. The molecule has 2 aromatic carbocycles. The molecule has 0 aliphatic rings. The average molecular weight is 384 g/mol. The highest BCUT2D eigenvalue weighted by atomic mass is 32.2. The zero-order valence-electron chi connectivity index (χ0n) is 15.5. The first-order valence-electron chi connectivity index (χ1n) is 8.56. The van der Waals surface area contributed by atoms with E-state index in [1.807, 2.05) is 48.9 Å². The van der Waals surface area contributed by atoms with E-state index in [9.17, 15) is 9.18 Å². The molecule has 1 aromatic heterocycles. The van der Waals surface area contributed by atoms with Gasteiger partial charge >= 0.3 is 0 Å². The van der Waals surface area contributed by atoms with Crippen molar-refractivity contribution in [1.29, 1.82) is 0 Å². The summed E-state index contributed by atoms with van der Waals surface area (Å²) in [7, 11) is 3.64. The molecular formula is C20H21FN4OS. The van der Waals surface area contributed by atoms with E-state index in [-0.39, 0.29) is 17.0 Å². The molecule has 0 saturated carbocycles. The van der Waals surface area contributed by atoms with Crippen LogP contribution < -0.4 is 0 Å². The van der Waals surface area contributed by atoms with Crippen molar-refractivity contribution in [2.24, 2.45) is 7.05 Å². The molecule has 0 aliphatic heterocycles. The Bertz CT molecular complexity index is 911. The molecule has 0 bridgehead atoms. The highest BCUT2D eigenvalue weighted by molar-refractivity contribution is 8.00. The summed E-state index contributed by atoms with van der Waals surface area (Å²) in [5.74, 6) is 0.362. The third kappa shape index (κ3) is 4.54. The number of benzene rings is 2. The SMILES string of the molecule is CC(Sc1nnc(-c2ccc(F)cc2)n1C)C(=O)N(C)Cc1ccccc1. The zero-order valence-corrected chi connectivity index (χ0v) is 16.3. The molecule has 1 amide bonds. The fraction of sp³-hybridized carbons (Fsp3) is 0.250. The van der Waals surface area contributed by atoms with E-state index in [1.165, 1.54) is 23.9 Å². The van der Waals surface area contributed by atoms with E-state index >= 15 is 0 Å². The maximum Gasteiger partial charge on any atom is 0.235 e. The fourth-order valence-electron chi connectivity index (χ4n) is 2.72. The molecule has 3 aromatic rings. The zero-order chi connectivity index (χ0) is 19.4. The van der Waals surface area contributed by atoms with Crippen LogP contribution in [-0.2, 0) is 18.4 Å². The van der Waals surface area contributed by atoms with Crippen molar-refractivity contribution in [2.45, 2.75) is 23.9 Å². The summed E-state index contributed by atoms with van der Waals surface area (Å²) < 4.78 is 14.9. The lowest BCUT2D eigenvalue weighted by Crippen LogP contribution is -2.32. The number of halogens is 1. The van der Waals surface area contributed by atoms with Gasteiger partial charge in [0.25, 0.3) is 0 Å². The lowest BCUT2D eigenvalue weighted by Gasteiger charge is -2.21. The van der Waals surface area contributed by atoms with Gasteiger partial charge in [-0.3, -0.25) is 4.79 Å². The van der Waals surface area contributed by atoms with Gasteiger partial charge in [0.05, 0.1) is 5.25 Å². The first-order chi connectivity index (χ1) is 13.0. The molecule has 0 N–H and O–H groups in total. The second-order valence-electron chi connectivity index (χ2n) is 6.31. The molecule has 140 valence electrons. The normalized spacial score (nSPS) is 12.0. The standard InChI is InChI=1S/C20H21FN4OS/c1-14(19(26)24(2)13-15-7-5-4-6-8-15)27-20-23-22-18(25(20)3)16-9-11-17(21)12-10-16/h4-12,14H,13H2,1-3H3. The van der Waals surface area contributed by atoms with Gasteiger partial charge in [0.2, 0.25) is 5.91 Å². The van der Waals surface area contributed by atoms with Gasteiger partial charge in [-0.15, -0.1) is 10.2 Å². The maximum atomic E-state index is 13.1. The Hall–Kier alpha value is -2.67. The average Bonchev–Trinajstić information content (AvgIpc) is 3.03. The van der Waals surface area contributed by atoms with E-state index in [0.717, 1.165) is 11.1 Å². The van der Waals surface area contributed by atoms with Crippen molar-refractivity contribution in [3.63, 3.8) is 0 Å². The topological polar surface area (TPSA) is 51.0 Å². The van der Waals surface area contributed by atoms with Crippen molar-refractivity contribution in [3.8, 4) is 11.4 Å². The lowest BCUT2D eigenvalue weighted by atomic mass is 10.2. The van der Waals surface area contributed by atoms with E-state index in [1.54, 1.807) is 24.1 Å². The summed E-state index contributed by atoms with van der Waals surface area (Å²) in [5, 5.41) is 8.72.